The molecule has 210 valence electrons. The fraction of sp³-hybridized carbons (Fsp3) is 0.581. The number of hydrogen-bond donors (Lipinski definition) is 3. The van der Waals surface area contributed by atoms with Crippen LogP contribution in [-0.2, 0) is 14.3 Å². The van der Waals surface area contributed by atoms with E-state index in [2.05, 4.69) is 5.32 Å². The first-order valence-corrected chi connectivity index (χ1v) is 13.8. The maximum absolute atomic E-state index is 17.4. The molecule has 0 saturated heterocycles. The Hall–Kier alpha value is -2.84. The first kappa shape index (κ1) is 27.7. The molecule has 3 N–H and O–H groups in total. The molecule has 1 aromatic rings. The lowest BCUT2D eigenvalue weighted by molar-refractivity contribution is -0.219. The molecule has 5 rings (SSSR count). The van der Waals surface area contributed by atoms with Gasteiger partial charge in [0.1, 0.15) is 6.61 Å². The summed E-state index contributed by atoms with van der Waals surface area (Å²) in [4.78, 5) is 39.0. The number of carbonyl (C=O) groups excluding carboxylic acids is 3. The number of allylic oxidation sites excluding steroid dienone is 4. The number of amides is 1. The normalized spacial score (nSPS) is 41.5. The molecule has 2 unspecified atom stereocenters. The van der Waals surface area contributed by atoms with E-state index in [4.69, 9.17) is 4.74 Å². The van der Waals surface area contributed by atoms with Crippen molar-refractivity contribution in [2.75, 3.05) is 6.61 Å². The van der Waals surface area contributed by atoms with Crippen LogP contribution in [-0.4, -0.2) is 51.9 Å². The smallest absolute Gasteiger partial charge is 0.408 e. The molecule has 0 aliphatic heterocycles. The number of aliphatic hydroxyl groups is 2. The van der Waals surface area contributed by atoms with Crippen LogP contribution in [0.2, 0.25) is 0 Å². The third kappa shape index (κ3) is 3.70. The van der Waals surface area contributed by atoms with Gasteiger partial charge in [0.2, 0.25) is 5.78 Å². The van der Waals surface area contributed by atoms with Crippen molar-refractivity contribution in [2.45, 2.75) is 76.8 Å². The van der Waals surface area contributed by atoms with Crippen LogP contribution < -0.4 is 5.32 Å². The van der Waals surface area contributed by atoms with E-state index in [0.29, 0.717) is 24.8 Å². The van der Waals surface area contributed by atoms with Crippen molar-refractivity contribution in [2.24, 2.45) is 28.6 Å². The third-order valence-corrected chi connectivity index (χ3v) is 10.6. The van der Waals surface area contributed by atoms with Gasteiger partial charge in [-0.05, 0) is 63.2 Å². The lowest BCUT2D eigenvalue weighted by atomic mass is 9.44. The molecule has 0 spiro atoms. The highest BCUT2D eigenvalue weighted by molar-refractivity contribution is 6.01. The third-order valence-electron chi connectivity index (χ3n) is 10.6. The molecular weight excluding hydrogens is 501 g/mol. The molecule has 0 heterocycles. The summed E-state index contributed by atoms with van der Waals surface area (Å²) in [6.07, 6.45) is 3.29. The first-order chi connectivity index (χ1) is 18.3. The van der Waals surface area contributed by atoms with Crippen molar-refractivity contribution in [1.29, 1.82) is 0 Å². The fourth-order valence-electron chi connectivity index (χ4n) is 8.69. The Labute approximate surface area is 228 Å². The Morgan fingerprint density at radius 2 is 1.90 bits per heavy atom. The molecule has 1 aromatic carbocycles. The number of nitrogens with one attached hydrogen (secondary N) is 1. The number of alkyl halides is 1. The van der Waals surface area contributed by atoms with Gasteiger partial charge in [-0.15, -0.1) is 0 Å². The lowest BCUT2D eigenvalue weighted by Gasteiger charge is -2.62. The number of aliphatic hydroxyl groups excluding tert-OH is 2. The van der Waals surface area contributed by atoms with Gasteiger partial charge in [-0.1, -0.05) is 55.8 Å². The zero-order chi connectivity index (χ0) is 28.4. The van der Waals surface area contributed by atoms with Gasteiger partial charge in [0, 0.05) is 22.7 Å². The molecule has 0 aromatic heterocycles. The molecule has 4 aliphatic rings. The number of carbonyl (C=O) groups is 3. The minimum absolute atomic E-state index is 0.132. The molecule has 39 heavy (non-hydrogen) atoms. The summed E-state index contributed by atoms with van der Waals surface area (Å²) in [5, 5.41) is 24.5. The van der Waals surface area contributed by atoms with E-state index in [1.54, 1.807) is 33.8 Å². The molecule has 0 radical (unpaired) electrons. The minimum Gasteiger partial charge on any atom is -0.434 e. The number of alkyl carbamates (subject to hydrolysis) is 1. The van der Waals surface area contributed by atoms with Crippen LogP contribution in [0.5, 0.6) is 0 Å². The van der Waals surface area contributed by atoms with Crippen LogP contribution in [0.25, 0.3) is 0 Å². The van der Waals surface area contributed by atoms with E-state index in [-0.39, 0.29) is 12.2 Å². The average Bonchev–Trinajstić information content (AvgIpc) is 3.12. The summed E-state index contributed by atoms with van der Waals surface area (Å²) in [5.41, 5.74) is -4.57. The number of ketones is 2. The molecule has 7 nitrogen and oxygen atoms in total. The topological polar surface area (TPSA) is 113 Å². The quantitative estimate of drug-likeness (QED) is 0.512. The second kappa shape index (κ2) is 9.37. The number of Topliss-reactive ketones (excluding diaryl/α,β-unsaturated/α-hetero) is 1. The van der Waals surface area contributed by atoms with Gasteiger partial charge in [-0.25, -0.2) is 9.18 Å². The second-order valence-corrected chi connectivity index (χ2v) is 12.4. The van der Waals surface area contributed by atoms with Crippen LogP contribution in [0.4, 0.5) is 9.18 Å². The van der Waals surface area contributed by atoms with E-state index in [0.717, 1.165) is 5.56 Å². The maximum Gasteiger partial charge on any atom is 0.408 e. The van der Waals surface area contributed by atoms with Gasteiger partial charge < -0.3 is 20.3 Å². The van der Waals surface area contributed by atoms with Crippen LogP contribution in [0.3, 0.4) is 0 Å². The maximum atomic E-state index is 17.4. The van der Waals surface area contributed by atoms with E-state index < -0.39 is 70.5 Å². The molecule has 9 atom stereocenters. The van der Waals surface area contributed by atoms with Crippen molar-refractivity contribution in [1.82, 2.24) is 5.32 Å². The summed E-state index contributed by atoms with van der Waals surface area (Å²) in [6, 6.07) is 8.92. The number of fused-ring (bicyclic) bond motifs is 5. The van der Waals surface area contributed by atoms with Crippen molar-refractivity contribution < 1.29 is 33.7 Å². The largest absolute Gasteiger partial charge is 0.434 e. The highest BCUT2D eigenvalue weighted by atomic mass is 19.1. The van der Waals surface area contributed by atoms with E-state index >= 15 is 4.39 Å². The monoisotopic (exact) mass is 539 g/mol. The van der Waals surface area contributed by atoms with Gasteiger partial charge in [0.05, 0.1) is 12.1 Å². The predicted molar refractivity (Wildman–Crippen MR) is 142 cm³/mol. The number of ether oxygens (including phenoxy) is 1. The standard InChI is InChI=1S/C31H38FNO6/c1-18-14-24-23-11-10-21-15-22(35)12-13-28(21,3)30(23,32)25(36)16-29(24,4)31(18,26(37)17-34)39-27(38)33-19(2)20-8-6-5-7-9-20/h5-9,12-13,15,18-19,23-25,34,36H,10-11,14,16-17H2,1-4H3,(H,33,38)/t18?,19-,23+,24+,25?,28+,29+,30+,31+/m1/s1. The van der Waals surface area contributed by atoms with E-state index in [1.165, 1.54) is 12.2 Å². The Balaban J connectivity index is 1.52. The second-order valence-electron chi connectivity index (χ2n) is 12.4. The zero-order valence-corrected chi connectivity index (χ0v) is 22.9. The molecule has 3 fully saturated rings. The summed E-state index contributed by atoms with van der Waals surface area (Å²) in [5.74, 6) is -2.40. The number of rotatable bonds is 5. The Bertz CT molecular complexity index is 1250. The van der Waals surface area contributed by atoms with Gasteiger partial charge in [0.25, 0.3) is 0 Å². The minimum atomic E-state index is -2.07. The van der Waals surface area contributed by atoms with Crippen molar-refractivity contribution in [3.05, 3.63) is 59.7 Å². The SMILES string of the molecule is CC1C[C@H]2[C@@H]3CCC4=CC(=O)C=C[C@]4(C)[C@@]3(F)C(O)C[C@]2(C)[C@@]1(OC(=O)N[C@H](C)c1ccccc1)C(=O)CO. The number of hydrogen-bond acceptors (Lipinski definition) is 6. The highest BCUT2D eigenvalue weighted by Gasteiger charge is 2.77. The average molecular weight is 540 g/mol. The fourth-order valence-corrected chi connectivity index (χ4v) is 8.69. The van der Waals surface area contributed by atoms with Crippen LogP contribution in [0.15, 0.2) is 54.1 Å². The summed E-state index contributed by atoms with van der Waals surface area (Å²) >= 11 is 0. The molecule has 8 heteroatoms. The molecular formula is C31H38FNO6. The van der Waals surface area contributed by atoms with Crippen LogP contribution >= 0.6 is 0 Å². The number of benzene rings is 1. The zero-order valence-electron chi connectivity index (χ0n) is 22.9. The van der Waals surface area contributed by atoms with Gasteiger partial charge >= 0.3 is 6.09 Å². The van der Waals surface area contributed by atoms with Crippen molar-refractivity contribution in [3.8, 4) is 0 Å². The predicted octanol–water partition coefficient (Wildman–Crippen LogP) is 4.39. The number of halogens is 1. The van der Waals surface area contributed by atoms with Crippen molar-refractivity contribution in [3.63, 3.8) is 0 Å². The summed E-state index contributed by atoms with van der Waals surface area (Å²) in [7, 11) is 0. The Kier molecular flexibility index (Phi) is 6.66. The van der Waals surface area contributed by atoms with Crippen LogP contribution in [0, 0.1) is 28.6 Å². The summed E-state index contributed by atoms with van der Waals surface area (Å²) in [6.45, 7) is 6.29. The molecule has 3 saturated carbocycles. The van der Waals surface area contributed by atoms with Gasteiger partial charge in [0.15, 0.2) is 17.1 Å². The molecule has 0 bridgehead atoms. The van der Waals surface area contributed by atoms with E-state index in [9.17, 15) is 24.6 Å². The van der Waals surface area contributed by atoms with Gasteiger partial charge in [-0.3, -0.25) is 9.59 Å². The van der Waals surface area contributed by atoms with Crippen molar-refractivity contribution >= 4 is 17.7 Å². The first-order valence-electron chi connectivity index (χ1n) is 13.8. The lowest BCUT2D eigenvalue weighted by Crippen LogP contribution is -2.70. The van der Waals surface area contributed by atoms with Gasteiger partial charge in [-0.2, -0.15) is 0 Å². The Morgan fingerprint density at radius 1 is 1.21 bits per heavy atom. The van der Waals surface area contributed by atoms with Crippen LogP contribution in [0.1, 0.15) is 65.0 Å². The summed E-state index contributed by atoms with van der Waals surface area (Å²) < 4.78 is 23.5. The Morgan fingerprint density at radius 3 is 2.56 bits per heavy atom. The highest BCUT2D eigenvalue weighted by Crippen LogP contribution is 2.71. The molecule has 1 amide bonds. The molecule has 4 aliphatic carbocycles. The van der Waals surface area contributed by atoms with E-state index in [1.807, 2.05) is 30.3 Å².